The van der Waals surface area contributed by atoms with Crippen LogP contribution in [-0.4, -0.2) is 33.6 Å². The normalized spacial score (nSPS) is 19.7. The van der Waals surface area contributed by atoms with Crippen LogP contribution in [0.1, 0.15) is 33.1 Å². The molecule has 118 valence electrons. The largest absolute Gasteiger partial charge is 0.366 e. The molecule has 1 aliphatic rings. The summed E-state index contributed by atoms with van der Waals surface area (Å²) >= 11 is 0. The predicted octanol–water partition coefficient (Wildman–Crippen LogP) is 1.69. The summed E-state index contributed by atoms with van der Waals surface area (Å²) in [5, 5.41) is 8.87. The van der Waals surface area contributed by atoms with Gasteiger partial charge in [-0.15, -0.1) is 0 Å². The number of benzene rings is 1. The summed E-state index contributed by atoms with van der Waals surface area (Å²) < 4.78 is 23.6. The first-order chi connectivity index (χ1) is 9.89. The van der Waals surface area contributed by atoms with Crippen LogP contribution >= 0.6 is 0 Å². The number of piperidine rings is 1. The van der Waals surface area contributed by atoms with Crippen LogP contribution in [0.5, 0.6) is 0 Å². The Morgan fingerprint density at radius 2 is 2.05 bits per heavy atom. The molecule has 1 aromatic rings. The average Bonchev–Trinajstić information content (AvgIpc) is 2.45. The van der Waals surface area contributed by atoms with Gasteiger partial charge in [0.2, 0.25) is 10.0 Å². The van der Waals surface area contributed by atoms with Gasteiger partial charge in [-0.3, -0.25) is 0 Å². The van der Waals surface area contributed by atoms with Gasteiger partial charge >= 0.3 is 0 Å². The van der Waals surface area contributed by atoms with Gasteiger partial charge in [0.1, 0.15) is 4.90 Å². The molecule has 0 aromatic heterocycles. The molecule has 21 heavy (non-hydrogen) atoms. The summed E-state index contributed by atoms with van der Waals surface area (Å²) in [5.74, 6) is 0. The Bertz CT molecular complexity index is 566. The van der Waals surface area contributed by atoms with Gasteiger partial charge in [-0.05, 0) is 45.4 Å². The van der Waals surface area contributed by atoms with Crippen LogP contribution in [0.2, 0.25) is 0 Å². The number of hydrogen-bond donors (Lipinski definition) is 2. The number of para-hydroxylation sites is 1. The standard InChI is InChI=1S/C15H25N3O2S/c1-12(2)18(11-13-7-5-6-10-17-13)14-8-3-4-9-15(14)21(16,19)20/h3-4,8-9,12-13,17H,5-7,10-11H2,1-2H3,(H2,16,19,20). The first-order valence-corrected chi connectivity index (χ1v) is 9.06. The fourth-order valence-electron chi connectivity index (χ4n) is 2.84. The third-order valence-electron chi connectivity index (χ3n) is 3.93. The Morgan fingerprint density at radius 1 is 1.33 bits per heavy atom. The quantitative estimate of drug-likeness (QED) is 0.868. The van der Waals surface area contributed by atoms with Crippen molar-refractivity contribution in [3.63, 3.8) is 0 Å². The fourth-order valence-corrected chi connectivity index (χ4v) is 3.58. The van der Waals surface area contributed by atoms with Crippen molar-refractivity contribution >= 4 is 15.7 Å². The van der Waals surface area contributed by atoms with Gasteiger partial charge in [0, 0.05) is 18.6 Å². The monoisotopic (exact) mass is 311 g/mol. The van der Waals surface area contributed by atoms with Crippen LogP contribution in [0, 0.1) is 0 Å². The lowest BCUT2D eigenvalue weighted by molar-refractivity contribution is 0.393. The first kappa shape index (κ1) is 16.3. The number of nitrogens with two attached hydrogens (primary N) is 1. The molecule has 0 spiro atoms. The maximum atomic E-state index is 11.8. The van der Waals surface area contributed by atoms with E-state index in [9.17, 15) is 8.42 Å². The minimum Gasteiger partial charge on any atom is -0.366 e. The molecule has 1 aliphatic heterocycles. The van der Waals surface area contributed by atoms with Gasteiger partial charge < -0.3 is 10.2 Å². The van der Waals surface area contributed by atoms with Crippen molar-refractivity contribution in [2.75, 3.05) is 18.0 Å². The highest BCUT2D eigenvalue weighted by Crippen LogP contribution is 2.26. The molecular weight excluding hydrogens is 286 g/mol. The lowest BCUT2D eigenvalue weighted by Crippen LogP contribution is -2.46. The van der Waals surface area contributed by atoms with E-state index in [1.54, 1.807) is 12.1 Å². The van der Waals surface area contributed by atoms with E-state index < -0.39 is 10.0 Å². The topological polar surface area (TPSA) is 75.4 Å². The predicted molar refractivity (Wildman–Crippen MR) is 85.9 cm³/mol. The summed E-state index contributed by atoms with van der Waals surface area (Å²) in [6.45, 7) is 5.98. The van der Waals surface area contributed by atoms with E-state index in [0.29, 0.717) is 11.7 Å². The van der Waals surface area contributed by atoms with Crippen LogP contribution in [-0.2, 0) is 10.0 Å². The summed E-state index contributed by atoms with van der Waals surface area (Å²) in [6, 6.07) is 7.58. The van der Waals surface area contributed by atoms with Gasteiger partial charge in [-0.1, -0.05) is 18.6 Å². The summed E-state index contributed by atoms with van der Waals surface area (Å²) in [6.07, 6.45) is 3.56. The SMILES string of the molecule is CC(C)N(CC1CCCCN1)c1ccccc1S(N)(=O)=O. The maximum absolute atomic E-state index is 11.8. The molecule has 0 amide bonds. The van der Waals surface area contributed by atoms with Crippen molar-refractivity contribution in [2.45, 2.75) is 50.1 Å². The zero-order chi connectivity index (χ0) is 15.5. The van der Waals surface area contributed by atoms with Crippen molar-refractivity contribution in [2.24, 2.45) is 5.14 Å². The van der Waals surface area contributed by atoms with E-state index in [-0.39, 0.29) is 10.9 Å². The number of rotatable bonds is 5. The van der Waals surface area contributed by atoms with E-state index in [2.05, 4.69) is 24.1 Å². The van der Waals surface area contributed by atoms with Crippen LogP contribution in [0.15, 0.2) is 29.2 Å². The van der Waals surface area contributed by atoms with Gasteiger partial charge in [0.05, 0.1) is 5.69 Å². The van der Waals surface area contributed by atoms with Crippen LogP contribution < -0.4 is 15.4 Å². The lowest BCUT2D eigenvalue weighted by atomic mass is 10.0. The number of anilines is 1. The van der Waals surface area contributed by atoms with Crippen LogP contribution in [0.3, 0.4) is 0 Å². The second-order valence-electron chi connectivity index (χ2n) is 5.91. The number of hydrogen-bond acceptors (Lipinski definition) is 4. The molecule has 3 N–H and O–H groups in total. The summed E-state index contributed by atoms with van der Waals surface area (Å²) in [7, 11) is -3.71. The number of nitrogens with one attached hydrogen (secondary N) is 1. The molecule has 1 fully saturated rings. The van der Waals surface area contributed by atoms with Gasteiger partial charge in [-0.25, -0.2) is 13.6 Å². The third-order valence-corrected chi connectivity index (χ3v) is 4.89. The third kappa shape index (κ3) is 4.18. The van der Waals surface area contributed by atoms with Crippen molar-refractivity contribution < 1.29 is 8.42 Å². The first-order valence-electron chi connectivity index (χ1n) is 7.51. The Kier molecular flexibility index (Phi) is 5.24. The molecule has 2 rings (SSSR count). The molecule has 0 aliphatic carbocycles. The molecule has 1 heterocycles. The Hall–Kier alpha value is -1.11. The molecule has 1 saturated heterocycles. The van der Waals surface area contributed by atoms with Gasteiger partial charge in [-0.2, -0.15) is 0 Å². The van der Waals surface area contributed by atoms with E-state index in [1.165, 1.54) is 12.8 Å². The molecule has 1 aromatic carbocycles. The Morgan fingerprint density at radius 3 is 2.62 bits per heavy atom. The molecule has 0 saturated carbocycles. The second-order valence-corrected chi connectivity index (χ2v) is 7.44. The Labute approximate surface area is 127 Å². The molecule has 0 bridgehead atoms. The van der Waals surface area contributed by atoms with Crippen molar-refractivity contribution in [3.05, 3.63) is 24.3 Å². The van der Waals surface area contributed by atoms with Gasteiger partial charge in [0.25, 0.3) is 0 Å². The van der Waals surface area contributed by atoms with Crippen LogP contribution in [0.25, 0.3) is 0 Å². The van der Waals surface area contributed by atoms with Gasteiger partial charge in [0.15, 0.2) is 0 Å². The maximum Gasteiger partial charge on any atom is 0.240 e. The smallest absolute Gasteiger partial charge is 0.240 e. The van der Waals surface area contributed by atoms with Crippen molar-refractivity contribution in [1.82, 2.24) is 5.32 Å². The number of primary sulfonamides is 1. The van der Waals surface area contributed by atoms with E-state index in [1.807, 2.05) is 12.1 Å². The van der Waals surface area contributed by atoms with E-state index in [4.69, 9.17) is 5.14 Å². The van der Waals surface area contributed by atoms with Crippen LogP contribution in [0.4, 0.5) is 5.69 Å². The Balaban J connectivity index is 2.30. The number of nitrogens with zero attached hydrogens (tertiary/aromatic N) is 1. The van der Waals surface area contributed by atoms with E-state index >= 15 is 0 Å². The zero-order valence-corrected chi connectivity index (χ0v) is 13.6. The summed E-state index contributed by atoms with van der Waals surface area (Å²) in [4.78, 5) is 2.33. The lowest BCUT2D eigenvalue weighted by Gasteiger charge is -2.35. The summed E-state index contributed by atoms with van der Waals surface area (Å²) in [5.41, 5.74) is 0.697. The highest BCUT2D eigenvalue weighted by Gasteiger charge is 2.23. The molecule has 5 nitrogen and oxygen atoms in total. The minimum absolute atomic E-state index is 0.203. The average molecular weight is 311 g/mol. The highest BCUT2D eigenvalue weighted by molar-refractivity contribution is 7.89. The minimum atomic E-state index is -3.71. The van der Waals surface area contributed by atoms with Crippen molar-refractivity contribution in [3.8, 4) is 0 Å². The molecule has 0 radical (unpaired) electrons. The second kappa shape index (κ2) is 6.77. The fraction of sp³-hybridized carbons (Fsp3) is 0.600. The molecule has 1 atom stereocenters. The molecular formula is C15H25N3O2S. The molecule has 1 unspecified atom stereocenters. The van der Waals surface area contributed by atoms with E-state index in [0.717, 1.165) is 19.5 Å². The van der Waals surface area contributed by atoms with Crippen molar-refractivity contribution in [1.29, 1.82) is 0 Å². The highest BCUT2D eigenvalue weighted by atomic mass is 32.2. The molecule has 6 heteroatoms. The zero-order valence-electron chi connectivity index (χ0n) is 12.7. The number of sulfonamides is 1.